The van der Waals surface area contributed by atoms with Crippen molar-refractivity contribution in [1.29, 1.82) is 0 Å². The molecule has 1 unspecified atom stereocenters. The number of ether oxygens (including phenoxy) is 1. The third-order valence-corrected chi connectivity index (χ3v) is 3.59. The number of piperidine rings is 1. The summed E-state index contributed by atoms with van der Waals surface area (Å²) in [5.41, 5.74) is 11.5. The summed E-state index contributed by atoms with van der Waals surface area (Å²) in [4.78, 5) is 9.66. The third kappa shape index (κ3) is 5.80. The highest BCUT2D eigenvalue weighted by atomic mass is 19.4. The molecule has 0 bridgehead atoms. The molecule has 0 aromatic heterocycles. The van der Waals surface area contributed by atoms with Gasteiger partial charge < -0.3 is 21.1 Å². The molecule has 1 aromatic carbocycles. The van der Waals surface area contributed by atoms with Crippen LogP contribution >= 0.6 is 0 Å². The van der Waals surface area contributed by atoms with E-state index < -0.39 is 17.9 Å². The summed E-state index contributed by atoms with van der Waals surface area (Å²) in [6, 6.07) is 2.71. The van der Waals surface area contributed by atoms with Gasteiger partial charge in [0.25, 0.3) is 0 Å². The van der Waals surface area contributed by atoms with Gasteiger partial charge in [0.05, 0.1) is 5.69 Å². The van der Waals surface area contributed by atoms with Crippen LogP contribution in [0.25, 0.3) is 0 Å². The van der Waals surface area contributed by atoms with Crippen LogP contribution in [0.5, 0.6) is 5.75 Å². The van der Waals surface area contributed by atoms with Crippen LogP contribution in [-0.4, -0.2) is 36.3 Å². The topological polar surface area (TPSA) is 89.2 Å². The first kappa shape index (κ1) is 18.8. The lowest BCUT2D eigenvalue weighted by molar-refractivity contribution is -0.275. The molecule has 25 heavy (non-hydrogen) atoms. The fourth-order valence-electron chi connectivity index (χ4n) is 2.51. The van der Waals surface area contributed by atoms with Gasteiger partial charge in [-0.3, -0.25) is 0 Å². The Balaban J connectivity index is 2.11. The lowest BCUT2D eigenvalue weighted by atomic mass is 10.0. The Labute approximate surface area is 142 Å². The number of nitrogens with zero attached hydrogens (tertiary/aromatic N) is 3. The molecular weight excluding hydrogens is 342 g/mol. The molecule has 1 saturated heterocycles. The SMILES string of the molecule is CC1CCCN(C(N)=NC(N)=Nc2ccc(OC(F)(F)F)c(F)c2)C1. The fourth-order valence-corrected chi connectivity index (χ4v) is 2.51. The van der Waals surface area contributed by atoms with Gasteiger partial charge in [-0.2, -0.15) is 4.99 Å². The second-order valence-corrected chi connectivity index (χ2v) is 5.80. The van der Waals surface area contributed by atoms with Crippen molar-refractivity contribution in [1.82, 2.24) is 4.90 Å². The van der Waals surface area contributed by atoms with Gasteiger partial charge in [-0.25, -0.2) is 9.38 Å². The number of aliphatic imine (C=N–C) groups is 2. The Bertz CT molecular complexity index is 674. The Morgan fingerprint density at radius 1 is 1.32 bits per heavy atom. The van der Waals surface area contributed by atoms with E-state index in [1.807, 2.05) is 4.90 Å². The Kier molecular flexibility index (Phi) is 5.70. The van der Waals surface area contributed by atoms with Crippen molar-refractivity contribution in [3.8, 4) is 5.75 Å². The number of nitrogens with two attached hydrogens (primary N) is 2. The maximum Gasteiger partial charge on any atom is 0.573 e. The summed E-state index contributed by atoms with van der Waals surface area (Å²) in [6.07, 6.45) is -2.88. The second kappa shape index (κ2) is 7.58. The Hall–Kier alpha value is -2.52. The van der Waals surface area contributed by atoms with Crippen molar-refractivity contribution < 1.29 is 22.3 Å². The zero-order valence-electron chi connectivity index (χ0n) is 13.6. The van der Waals surface area contributed by atoms with Crippen molar-refractivity contribution >= 4 is 17.6 Å². The van der Waals surface area contributed by atoms with Gasteiger partial charge in [-0.15, -0.1) is 13.2 Å². The van der Waals surface area contributed by atoms with Crippen molar-refractivity contribution in [2.45, 2.75) is 26.1 Å². The van der Waals surface area contributed by atoms with Crippen LogP contribution < -0.4 is 16.2 Å². The molecule has 10 heteroatoms. The van der Waals surface area contributed by atoms with Crippen LogP contribution in [0.2, 0.25) is 0 Å². The van der Waals surface area contributed by atoms with E-state index in [0.29, 0.717) is 5.92 Å². The van der Waals surface area contributed by atoms with Crippen molar-refractivity contribution in [3.63, 3.8) is 0 Å². The summed E-state index contributed by atoms with van der Waals surface area (Å²) < 4.78 is 53.5. The van der Waals surface area contributed by atoms with E-state index >= 15 is 0 Å². The fraction of sp³-hybridized carbons (Fsp3) is 0.467. The molecule has 0 aliphatic carbocycles. The summed E-state index contributed by atoms with van der Waals surface area (Å²) in [5, 5.41) is 0. The predicted molar refractivity (Wildman–Crippen MR) is 86.0 cm³/mol. The number of hydrogen-bond acceptors (Lipinski definition) is 2. The first-order valence-corrected chi connectivity index (χ1v) is 7.62. The molecule has 4 N–H and O–H groups in total. The van der Waals surface area contributed by atoms with Crippen LogP contribution in [0, 0.1) is 11.7 Å². The molecule has 1 fully saturated rings. The zero-order valence-corrected chi connectivity index (χ0v) is 13.6. The summed E-state index contributed by atoms with van der Waals surface area (Å²) in [7, 11) is 0. The van der Waals surface area contributed by atoms with Gasteiger partial charge in [0.1, 0.15) is 0 Å². The lowest BCUT2D eigenvalue weighted by Crippen LogP contribution is -2.44. The highest BCUT2D eigenvalue weighted by Gasteiger charge is 2.32. The lowest BCUT2D eigenvalue weighted by Gasteiger charge is -2.31. The molecule has 1 atom stereocenters. The molecule has 0 amide bonds. The van der Waals surface area contributed by atoms with E-state index in [1.165, 1.54) is 0 Å². The van der Waals surface area contributed by atoms with E-state index in [0.717, 1.165) is 44.1 Å². The number of hydrogen-bond donors (Lipinski definition) is 2. The molecule has 0 radical (unpaired) electrons. The van der Waals surface area contributed by atoms with Crippen molar-refractivity contribution in [2.75, 3.05) is 13.1 Å². The van der Waals surface area contributed by atoms with E-state index in [9.17, 15) is 17.6 Å². The minimum Gasteiger partial charge on any atom is -0.403 e. The number of rotatable bonds is 2. The first-order chi connectivity index (χ1) is 11.6. The zero-order chi connectivity index (χ0) is 18.6. The van der Waals surface area contributed by atoms with Crippen molar-refractivity contribution in [3.05, 3.63) is 24.0 Å². The molecule has 1 aromatic rings. The number of benzene rings is 1. The Morgan fingerprint density at radius 2 is 2.04 bits per heavy atom. The summed E-state index contributed by atoms with van der Waals surface area (Å²) in [5.74, 6) is -1.70. The van der Waals surface area contributed by atoms with E-state index in [4.69, 9.17) is 11.5 Å². The molecule has 6 nitrogen and oxygen atoms in total. The highest BCUT2D eigenvalue weighted by Crippen LogP contribution is 2.28. The molecule has 138 valence electrons. The highest BCUT2D eigenvalue weighted by molar-refractivity contribution is 5.94. The van der Waals surface area contributed by atoms with Gasteiger partial charge in [-0.05, 0) is 30.9 Å². The van der Waals surface area contributed by atoms with Crippen LogP contribution in [0.4, 0.5) is 23.2 Å². The average Bonchev–Trinajstić information content (AvgIpc) is 2.48. The monoisotopic (exact) mass is 361 g/mol. The first-order valence-electron chi connectivity index (χ1n) is 7.62. The maximum atomic E-state index is 13.6. The quantitative estimate of drug-likeness (QED) is 0.482. The second-order valence-electron chi connectivity index (χ2n) is 5.80. The molecule has 1 aliphatic rings. The predicted octanol–water partition coefficient (Wildman–Crippen LogP) is 2.72. The van der Waals surface area contributed by atoms with Gasteiger partial charge >= 0.3 is 6.36 Å². The molecule has 0 saturated carbocycles. The maximum absolute atomic E-state index is 13.6. The van der Waals surface area contributed by atoms with E-state index in [2.05, 4.69) is 21.6 Å². The van der Waals surface area contributed by atoms with E-state index in [1.54, 1.807) is 0 Å². The van der Waals surface area contributed by atoms with Crippen LogP contribution in [0.3, 0.4) is 0 Å². The van der Waals surface area contributed by atoms with Gasteiger partial charge in [-0.1, -0.05) is 6.92 Å². The standard InChI is InChI=1S/C15H19F4N5O/c1-9-3-2-6-24(8-9)14(21)23-13(20)22-10-4-5-12(11(16)7-10)25-15(17,18)19/h4-5,7,9H,2-3,6,8H2,1H3,(H4,20,21,22,23). The number of alkyl halides is 3. The van der Waals surface area contributed by atoms with Crippen LogP contribution in [-0.2, 0) is 0 Å². The molecule has 0 spiro atoms. The summed E-state index contributed by atoms with van der Waals surface area (Å²) >= 11 is 0. The number of halogens is 4. The van der Waals surface area contributed by atoms with Gasteiger partial charge in [0.2, 0.25) is 5.96 Å². The molecular formula is C15H19F4N5O. The minimum atomic E-state index is -4.98. The van der Waals surface area contributed by atoms with E-state index in [-0.39, 0.29) is 17.6 Å². The van der Waals surface area contributed by atoms with Crippen molar-refractivity contribution in [2.24, 2.45) is 27.4 Å². The average molecular weight is 361 g/mol. The smallest absolute Gasteiger partial charge is 0.403 e. The Morgan fingerprint density at radius 3 is 2.64 bits per heavy atom. The van der Waals surface area contributed by atoms with Crippen LogP contribution in [0.15, 0.2) is 28.2 Å². The third-order valence-electron chi connectivity index (χ3n) is 3.59. The number of likely N-dealkylation sites (tertiary alicyclic amines) is 1. The molecule has 2 rings (SSSR count). The molecule has 1 heterocycles. The van der Waals surface area contributed by atoms with Gasteiger partial charge in [0, 0.05) is 19.2 Å². The summed E-state index contributed by atoms with van der Waals surface area (Å²) in [6.45, 7) is 3.61. The largest absolute Gasteiger partial charge is 0.573 e. The van der Waals surface area contributed by atoms with Crippen LogP contribution in [0.1, 0.15) is 19.8 Å². The molecule has 1 aliphatic heterocycles. The van der Waals surface area contributed by atoms with Gasteiger partial charge in [0.15, 0.2) is 17.5 Å². The number of guanidine groups is 2. The minimum absolute atomic E-state index is 0.00640. The normalized spacial score (nSPS) is 19.9.